The molecule has 22 heavy (non-hydrogen) atoms. The van der Waals surface area contributed by atoms with Gasteiger partial charge in [0.2, 0.25) is 5.91 Å². The van der Waals surface area contributed by atoms with Crippen LogP contribution in [0, 0.1) is 30.9 Å². The smallest absolute Gasteiger partial charge is 0.312 e. The van der Waals surface area contributed by atoms with Crippen molar-refractivity contribution in [2.24, 2.45) is 0 Å². The van der Waals surface area contributed by atoms with E-state index in [1.165, 1.54) is 4.68 Å². The minimum absolute atomic E-state index is 0.0662. The fraction of sp³-hybridized carbons (Fsp3) is 0.462. The summed E-state index contributed by atoms with van der Waals surface area (Å²) in [5.74, 6) is 0.526. The predicted octanol–water partition coefficient (Wildman–Crippen LogP) is 2.29. The first-order chi connectivity index (χ1) is 10.3. The Kier molecular flexibility index (Phi) is 4.25. The summed E-state index contributed by atoms with van der Waals surface area (Å²) in [6, 6.07) is 0.929. The molecule has 1 atom stereocenters. The van der Waals surface area contributed by atoms with Crippen molar-refractivity contribution in [1.29, 1.82) is 0 Å². The molecule has 0 spiro atoms. The number of nitro groups is 1. The summed E-state index contributed by atoms with van der Waals surface area (Å²) in [6.07, 6.45) is 0.432. The van der Waals surface area contributed by atoms with Crippen LogP contribution in [0.15, 0.2) is 10.6 Å². The number of carbonyl (C=O) groups is 1. The molecule has 0 aliphatic carbocycles. The lowest BCUT2D eigenvalue weighted by Crippen LogP contribution is -2.27. The molecule has 1 amide bonds. The molecule has 9 nitrogen and oxygen atoms in total. The molecule has 1 N–H and O–H groups in total. The Morgan fingerprint density at radius 3 is 2.64 bits per heavy atom. The van der Waals surface area contributed by atoms with Gasteiger partial charge in [-0.25, -0.2) is 4.68 Å². The third kappa shape index (κ3) is 2.83. The average Bonchev–Trinajstić information content (AvgIpc) is 2.95. The van der Waals surface area contributed by atoms with Gasteiger partial charge in [0.1, 0.15) is 23.2 Å². The number of hydrogen-bond donors (Lipinski definition) is 1. The average molecular weight is 307 g/mol. The zero-order chi connectivity index (χ0) is 16.4. The number of carbonyl (C=O) groups excluding carboxylic acids is 1. The number of amides is 1. The van der Waals surface area contributed by atoms with E-state index in [0.29, 0.717) is 23.7 Å². The van der Waals surface area contributed by atoms with Crippen molar-refractivity contribution in [1.82, 2.24) is 14.9 Å². The maximum absolute atomic E-state index is 12.4. The summed E-state index contributed by atoms with van der Waals surface area (Å²) >= 11 is 0. The minimum Gasteiger partial charge on any atom is -0.360 e. The van der Waals surface area contributed by atoms with Crippen molar-refractivity contribution < 1.29 is 14.2 Å². The van der Waals surface area contributed by atoms with Crippen LogP contribution in [0.4, 0.5) is 11.5 Å². The SMILES string of the molecule is CC[C@H](C(=O)Nc1cc(C)on1)n1nc(C)c([N+](=O)[O-])c1C. The minimum atomic E-state index is -0.663. The van der Waals surface area contributed by atoms with Gasteiger partial charge in [-0.1, -0.05) is 12.1 Å². The quantitative estimate of drug-likeness (QED) is 0.669. The highest BCUT2D eigenvalue weighted by atomic mass is 16.6. The van der Waals surface area contributed by atoms with Crippen molar-refractivity contribution in [2.45, 2.75) is 40.2 Å². The molecular formula is C13H17N5O4. The van der Waals surface area contributed by atoms with Crippen molar-refractivity contribution in [3.05, 3.63) is 33.3 Å². The van der Waals surface area contributed by atoms with Crippen LogP contribution >= 0.6 is 0 Å². The van der Waals surface area contributed by atoms with Crippen molar-refractivity contribution in [2.75, 3.05) is 5.32 Å². The topological polar surface area (TPSA) is 116 Å². The van der Waals surface area contributed by atoms with E-state index in [1.54, 1.807) is 33.8 Å². The van der Waals surface area contributed by atoms with Crippen LogP contribution in [0.5, 0.6) is 0 Å². The van der Waals surface area contributed by atoms with Gasteiger partial charge >= 0.3 is 5.69 Å². The van der Waals surface area contributed by atoms with Gasteiger partial charge in [0.15, 0.2) is 5.82 Å². The van der Waals surface area contributed by atoms with Gasteiger partial charge in [-0.3, -0.25) is 14.9 Å². The summed E-state index contributed by atoms with van der Waals surface area (Å²) in [5.41, 5.74) is 0.565. The molecule has 0 saturated carbocycles. The highest BCUT2D eigenvalue weighted by Gasteiger charge is 2.29. The standard InChI is InChI=1S/C13H17N5O4/c1-5-10(13(19)14-11-6-7(2)22-16-11)17-9(4)12(18(20)21)8(3)15-17/h6,10H,5H2,1-4H3,(H,14,16,19)/t10-/m1/s1. The number of rotatable bonds is 5. The molecule has 0 radical (unpaired) electrons. The molecule has 118 valence electrons. The van der Waals surface area contributed by atoms with Gasteiger partial charge in [-0.05, 0) is 27.2 Å². The van der Waals surface area contributed by atoms with Crippen LogP contribution in [-0.2, 0) is 4.79 Å². The Morgan fingerprint density at radius 1 is 1.50 bits per heavy atom. The van der Waals surface area contributed by atoms with Gasteiger partial charge in [-0.2, -0.15) is 5.10 Å². The lowest BCUT2D eigenvalue weighted by molar-refractivity contribution is -0.386. The van der Waals surface area contributed by atoms with Gasteiger partial charge in [0.25, 0.3) is 0 Å². The largest absolute Gasteiger partial charge is 0.360 e. The van der Waals surface area contributed by atoms with E-state index in [9.17, 15) is 14.9 Å². The van der Waals surface area contributed by atoms with Crippen LogP contribution in [-0.4, -0.2) is 25.8 Å². The van der Waals surface area contributed by atoms with Crippen molar-refractivity contribution >= 4 is 17.4 Å². The highest BCUT2D eigenvalue weighted by molar-refractivity contribution is 5.92. The summed E-state index contributed by atoms with van der Waals surface area (Å²) in [5, 5.41) is 21.5. The Hall–Kier alpha value is -2.71. The second-order valence-corrected chi connectivity index (χ2v) is 4.96. The van der Waals surface area contributed by atoms with Crippen molar-refractivity contribution in [3.8, 4) is 0 Å². The van der Waals surface area contributed by atoms with Crippen LogP contribution in [0.1, 0.15) is 36.5 Å². The Bertz CT molecular complexity index is 718. The molecule has 9 heteroatoms. The number of aryl methyl sites for hydroxylation is 2. The Morgan fingerprint density at radius 2 is 2.18 bits per heavy atom. The second-order valence-electron chi connectivity index (χ2n) is 4.96. The molecule has 0 saturated heterocycles. The first-order valence-corrected chi connectivity index (χ1v) is 6.79. The van der Waals surface area contributed by atoms with Crippen LogP contribution in [0.2, 0.25) is 0 Å². The van der Waals surface area contributed by atoms with E-state index in [1.807, 2.05) is 0 Å². The molecule has 2 aromatic heterocycles. The van der Waals surface area contributed by atoms with Gasteiger partial charge in [0.05, 0.1) is 4.92 Å². The van der Waals surface area contributed by atoms with Crippen LogP contribution in [0.3, 0.4) is 0 Å². The van der Waals surface area contributed by atoms with Gasteiger partial charge < -0.3 is 9.84 Å². The maximum atomic E-state index is 12.4. The molecule has 2 rings (SSSR count). The molecule has 0 aliphatic heterocycles. The molecule has 0 aliphatic rings. The lowest BCUT2D eigenvalue weighted by atomic mass is 10.2. The van der Waals surface area contributed by atoms with Gasteiger partial charge in [0, 0.05) is 6.07 Å². The molecular weight excluding hydrogens is 290 g/mol. The predicted molar refractivity (Wildman–Crippen MR) is 77.6 cm³/mol. The Labute approximate surface area is 126 Å². The number of aromatic nitrogens is 3. The normalized spacial score (nSPS) is 12.2. The molecule has 0 fully saturated rings. The fourth-order valence-corrected chi connectivity index (χ4v) is 2.33. The molecule has 2 aromatic rings. The fourth-order valence-electron chi connectivity index (χ4n) is 2.33. The second kappa shape index (κ2) is 5.96. The monoisotopic (exact) mass is 307 g/mol. The summed E-state index contributed by atoms with van der Waals surface area (Å²) in [6.45, 7) is 6.65. The van der Waals surface area contributed by atoms with E-state index < -0.39 is 11.0 Å². The molecule has 0 bridgehead atoms. The number of hydrogen-bond acceptors (Lipinski definition) is 6. The number of nitrogens with zero attached hydrogens (tertiary/aromatic N) is 4. The summed E-state index contributed by atoms with van der Waals surface area (Å²) < 4.78 is 6.27. The Balaban J connectivity index is 2.30. The first kappa shape index (κ1) is 15.7. The molecule has 0 aromatic carbocycles. The van der Waals surface area contributed by atoms with Crippen molar-refractivity contribution in [3.63, 3.8) is 0 Å². The molecule has 2 heterocycles. The zero-order valence-corrected chi connectivity index (χ0v) is 12.8. The lowest BCUT2D eigenvalue weighted by Gasteiger charge is -2.15. The van der Waals surface area contributed by atoms with Crippen LogP contribution < -0.4 is 5.32 Å². The molecule has 0 unspecified atom stereocenters. The van der Waals surface area contributed by atoms with Gasteiger partial charge in [-0.15, -0.1) is 0 Å². The maximum Gasteiger partial charge on any atom is 0.312 e. The number of nitrogens with one attached hydrogen (secondary N) is 1. The van der Waals surface area contributed by atoms with E-state index in [2.05, 4.69) is 15.6 Å². The third-order valence-corrected chi connectivity index (χ3v) is 3.33. The number of anilines is 1. The van der Waals surface area contributed by atoms with E-state index in [4.69, 9.17) is 4.52 Å². The zero-order valence-electron chi connectivity index (χ0n) is 12.8. The highest BCUT2D eigenvalue weighted by Crippen LogP contribution is 2.26. The van der Waals surface area contributed by atoms with E-state index in [0.717, 1.165) is 0 Å². The summed E-state index contributed by atoms with van der Waals surface area (Å²) in [7, 11) is 0. The van der Waals surface area contributed by atoms with E-state index >= 15 is 0 Å². The van der Waals surface area contributed by atoms with E-state index in [-0.39, 0.29) is 17.3 Å². The summed E-state index contributed by atoms with van der Waals surface area (Å²) in [4.78, 5) is 22.9. The van der Waals surface area contributed by atoms with Crippen LogP contribution in [0.25, 0.3) is 0 Å². The third-order valence-electron chi connectivity index (χ3n) is 3.33. The first-order valence-electron chi connectivity index (χ1n) is 6.79.